The molecule has 0 bridgehead atoms. The van der Waals surface area contributed by atoms with Crippen molar-refractivity contribution in [2.75, 3.05) is 17.7 Å². The van der Waals surface area contributed by atoms with E-state index in [1.807, 2.05) is 26.0 Å². The maximum absolute atomic E-state index is 11.9. The number of hydrogen-bond acceptors (Lipinski definition) is 7. The zero-order valence-electron chi connectivity index (χ0n) is 16.3. The standard InChI is InChI=1S/C19H24N4O5S/c1-11(2)20-19(24)28-14-8-16(27-10-14)15-9-18(23-22-15)21-13-3-4-17-12(7-13)5-6-29(17,25)26/h3-4,7,9,11,14,16H,5-6,8,10H2,1-2H3,(H,20,24)(H2,21,22,23)/t14-,16+/m0/s1. The van der Waals surface area contributed by atoms with E-state index >= 15 is 0 Å². The number of nitrogens with one attached hydrogen (secondary N) is 3. The maximum atomic E-state index is 11.9. The van der Waals surface area contributed by atoms with Crippen LogP contribution in [-0.4, -0.2) is 49.2 Å². The first-order chi connectivity index (χ1) is 13.8. The molecule has 1 aromatic heterocycles. The lowest BCUT2D eigenvalue weighted by Crippen LogP contribution is -2.33. The van der Waals surface area contributed by atoms with Crippen LogP contribution in [0.5, 0.6) is 0 Å². The molecule has 0 aliphatic carbocycles. The Labute approximate surface area is 169 Å². The van der Waals surface area contributed by atoms with Crippen molar-refractivity contribution in [3.63, 3.8) is 0 Å². The minimum Gasteiger partial charge on any atom is -0.444 e. The number of carbonyl (C=O) groups excluding carboxylic acids is 1. The fourth-order valence-corrected chi connectivity index (χ4v) is 5.09. The molecule has 2 aromatic rings. The Morgan fingerprint density at radius 3 is 2.97 bits per heavy atom. The van der Waals surface area contributed by atoms with Crippen molar-refractivity contribution in [2.24, 2.45) is 0 Å². The lowest BCUT2D eigenvalue weighted by Gasteiger charge is -2.13. The summed E-state index contributed by atoms with van der Waals surface area (Å²) in [6, 6.07) is 7.07. The molecule has 1 amide bonds. The summed E-state index contributed by atoms with van der Waals surface area (Å²) in [4.78, 5) is 12.1. The molecular weight excluding hydrogens is 396 g/mol. The molecule has 10 heteroatoms. The second kappa shape index (κ2) is 7.68. The Morgan fingerprint density at radius 2 is 2.17 bits per heavy atom. The molecule has 3 N–H and O–H groups in total. The van der Waals surface area contributed by atoms with Crippen molar-refractivity contribution in [3.05, 3.63) is 35.5 Å². The molecule has 0 spiro atoms. The third-order valence-corrected chi connectivity index (χ3v) is 6.70. The topological polar surface area (TPSA) is 122 Å². The van der Waals surface area contributed by atoms with Crippen LogP contribution in [-0.2, 0) is 25.7 Å². The average molecular weight is 420 g/mol. The largest absolute Gasteiger partial charge is 0.444 e. The monoisotopic (exact) mass is 420 g/mol. The van der Waals surface area contributed by atoms with Gasteiger partial charge in [-0.2, -0.15) is 5.10 Å². The molecule has 0 radical (unpaired) electrons. The van der Waals surface area contributed by atoms with E-state index in [-0.39, 0.29) is 24.0 Å². The van der Waals surface area contributed by atoms with Gasteiger partial charge >= 0.3 is 6.09 Å². The summed E-state index contributed by atoms with van der Waals surface area (Å²) >= 11 is 0. The van der Waals surface area contributed by atoms with Gasteiger partial charge in [-0.3, -0.25) is 5.10 Å². The van der Waals surface area contributed by atoms with E-state index in [9.17, 15) is 13.2 Å². The Balaban J connectivity index is 1.37. The van der Waals surface area contributed by atoms with Crippen LogP contribution in [0.2, 0.25) is 0 Å². The molecule has 2 atom stereocenters. The number of rotatable bonds is 5. The van der Waals surface area contributed by atoms with Crippen LogP contribution < -0.4 is 10.6 Å². The van der Waals surface area contributed by atoms with Crippen molar-refractivity contribution < 1.29 is 22.7 Å². The van der Waals surface area contributed by atoms with Crippen molar-refractivity contribution >= 4 is 27.4 Å². The highest BCUT2D eigenvalue weighted by molar-refractivity contribution is 7.91. The zero-order valence-corrected chi connectivity index (χ0v) is 17.1. The molecule has 3 heterocycles. The molecule has 0 saturated carbocycles. The van der Waals surface area contributed by atoms with E-state index in [1.54, 1.807) is 12.1 Å². The van der Waals surface area contributed by atoms with Gasteiger partial charge in [0.05, 0.1) is 22.9 Å². The molecule has 1 fully saturated rings. The van der Waals surface area contributed by atoms with E-state index in [2.05, 4.69) is 20.8 Å². The predicted octanol–water partition coefficient (Wildman–Crippen LogP) is 2.45. The fraction of sp³-hybridized carbons (Fsp3) is 0.474. The number of fused-ring (bicyclic) bond motifs is 1. The van der Waals surface area contributed by atoms with E-state index < -0.39 is 15.9 Å². The summed E-state index contributed by atoms with van der Waals surface area (Å²) in [5, 5.41) is 13.1. The first kappa shape index (κ1) is 19.7. The van der Waals surface area contributed by atoms with Crippen LogP contribution in [0.1, 0.15) is 37.6 Å². The number of carbonyl (C=O) groups is 1. The lowest BCUT2D eigenvalue weighted by molar-refractivity contribution is 0.0682. The normalized spacial score (nSPS) is 22.4. The van der Waals surface area contributed by atoms with Crippen LogP contribution >= 0.6 is 0 Å². The summed E-state index contributed by atoms with van der Waals surface area (Å²) in [5.41, 5.74) is 2.38. The van der Waals surface area contributed by atoms with Crippen LogP contribution in [0.4, 0.5) is 16.3 Å². The van der Waals surface area contributed by atoms with Gasteiger partial charge in [-0.05, 0) is 44.0 Å². The van der Waals surface area contributed by atoms with Gasteiger partial charge in [0.2, 0.25) is 0 Å². The highest BCUT2D eigenvalue weighted by Gasteiger charge is 2.31. The zero-order chi connectivity index (χ0) is 20.6. The fourth-order valence-electron chi connectivity index (χ4n) is 3.54. The van der Waals surface area contributed by atoms with Crippen molar-refractivity contribution in [1.82, 2.24) is 15.5 Å². The Morgan fingerprint density at radius 1 is 1.34 bits per heavy atom. The second-order valence-corrected chi connectivity index (χ2v) is 9.69. The van der Waals surface area contributed by atoms with Gasteiger partial charge in [-0.15, -0.1) is 0 Å². The highest BCUT2D eigenvalue weighted by atomic mass is 32.2. The SMILES string of the molecule is CC(C)NC(=O)O[C@@H]1CO[C@@H](c2cc(Nc3ccc4c(c3)CCS4(=O)=O)n[nH]2)C1. The maximum Gasteiger partial charge on any atom is 0.407 e. The van der Waals surface area contributed by atoms with E-state index in [0.717, 1.165) is 16.9 Å². The third kappa shape index (κ3) is 4.38. The van der Waals surface area contributed by atoms with Crippen LogP contribution in [0.3, 0.4) is 0 Å². The van der Waals surface area contributed by atoms with E-state index in [4.69, 9.17) is 9.47 Å². The minimum absolute atomic E-state index is 0.0150. The molecule has 4 rings (SSSR count). The number of aryl methyl sites for hydroxylation is 1. The van der Waals surface area contributed by atoms with Crippen LogP contribution in [0, 0.1) is 0 Å². The summed E-state index contributed by atoms with van der Waals surface area (Å²) in [6.45, 7) is 4.07. The number of amides is 1. The van der Waals surface area contributed by atoms with Gasteiger partial charge < -0.3 is 20.1 Å². The molecule has 2 aliphatic heterocycles. The Hall–Kier alpha value is -2.59. The molecule has 1 aromatic carbocycles. The number of benzene rings is 1. The van der Waals surface area contributed by atoms with Gasteiger partial charge in [0.25, 0.3) is 0 Å². The van der Waals surface area contributed by atoms with Gasteiger partial charge in [0, 0.05) is 24.2 Å². The van der Waals surface area contributed by atoms with Gasteiger partial charge in [0.15, 0.2) is 15.7 Å². The van der Waals surface area contributed by atoms with Crippen LogP contribution in [0.25, 0.3) is 0 Å². The predicted molar refractivity (Wildman–Crippen MR) is 106 cm³/mol. The van der Waals surface area contributed by atoms with Crippen molar-refractivity contribution in [2.45, 2.75) is 49.8 Å². The number of sulfone groups is 1. The van der Waals surface area contributed by atoms with E-state index in [1.165, 1.54) is 0 Å². The molecule has 156 valence electrons. The lowest BCUT2D eigenvalue weighted by atomic mass is 10.1. The van der Waals surface area contributed by atoms with Gasteiger partial charge in [-0.25, -0.2) is 13.2 Å². The number of hydrogen-bond donors (Lipinski definition) is 3. The summed E-state index contributed by atoms with van der Waals surface area (Å²) in [6.07, 6.45) is 0.0851. The number of aromatic nitrogens is 2. The van der Waals surface area contributed by atoms with Gasteiger partial charge in [0.1, 0.15) is 12.2 Å². The summed E-state index contributed by atoms with van der Waals surface area (Å²) < 4.78 is 35.0. The molecular formula is C19H24N4O5S. The number of ether oxygens (including phenoxy) is 2. The smallest absolute Gasteiger partial charge is 0.407 e. The van der Waals surface area contributed by atoms with E-state index in [0.29, 0.717) is 30.2 Å². The molecule has 2 aliphatic rings. The number of anilines is 2. The van der Waals surface area contributed by atoms with Gasteiger partial charge in [-0.1, -0.05) is 0 Å². The molecule has 0 unspecified atom stereocenters. The molecule has 29 heavy (non-hydrogen) atoms. The summed E-state index contributed by atoms with van der Waals surface area (Å²) in [7, 11) is -3.13. The number of aromatic amines is 1. The third-order valence-electron chi connectivity index (χ3n) is 4.89. The second-order valence-electron chi connectivity index (χ2n) is 7.61. The van der Waals surface area contributed by atoms with Crippen molar-refractivity contribution in [1.29, 1.82) is 0 Å². The molecule has 9 nitrogen and oxygen atoms in total. The Kier molecular flexibility index (Phi) is 5.22. The number of H-pyrrole nitrogens is 1. The van der Waals surface area contributed by atoms with Crippen LogP contribution in [0.15, 0.2) is 29.2 Å². The number of alkyl carbamates (subject to hydrolysis) is 1. The minimum atomic E-state index is -3.13. The Bertz CT molecular complexity index is 1020. The summed E-state index contributed by atoms with van der Waals surface area (Å²) in [5.74, 6) is 0.766. The first-order valence-electron chi connectivity index (χ1n) is 9.57. The first-order valence-corrected chi connectivity index (χ1v) is 11.2. The highest BCUT2D eigenvalue weighted by Crippen LogP contribution is 2.32. The quantitative estimate of drug-likeness (QED) is 0.679. The van der Waals surface area contributed by atoms with Crippen molar-refractivity contribution in [3.8, 4) is 0 Å². The molecule has 1 saturated heterocycles. The number of nitrogens with zero attached hydrogens (tertiary/aromatic N) is 1. The average Bonchev–Trinajstić information content (AvgIpc) is 3.34.